The van der Waals surface area contributed by atoms with Crippen molar-refractivity contribution in [1.82, 2.24) is 15.6 Å². The Morgan fingerprint density at radius 3 is 2.84 bits per heavy atom. The topological polar surface area (TPSA) is 63.2 Å². The molecule has 0 atom stereocenters. The van der Waals surface area contributed by atoms with Crippen molar-refractivity contribution in [2.45, 2.75) is 26.3 Å². The molecule has 0 aromatic carbocycles. The maximum absolute atomic E-state index is 11.4. The van der Waals surface area contributed by atoms with E-state index in [2.05, 4.69) is 27.5 Å². The normalized spacial score (nSPS) is 10.1. The SMILES string of the molecule is CC(C)(C)NC(=O)NCC#CCOc1cccnc1. The number of amides is 2. The van der Waals surface area contributed by atoms with Gasteiger partial charge < -0.3 is 15.4 Å². The summed E-state index contributed by atoms with van der Waals surface area (Å²) in [5.74, 6) is 6.29. The van der Waals surface area contributed by atoms with E-state index in [1.165, 1.54) is 0 Å². The average Bonchev–Trinajstić information content (AvgIpc) is 2.32. The summed E-state index contributed by atoms with van der Waals surface area (Å²) in [6.45, 7) is 6.31. The summed E-state index contributed by atoms with van der Waals surface area (Å²) in [6.07, 6.45) is 3.30. The summed E-state index contributed by atoms with van der Waals surface area (Å²) < 4.78 is 5.33. The Balaban J connectivity index is 2.17. The van der Waals surface area contributed by atoms with Crippen LogP contribution in [0.25, 0.3) is 0 Å². The maximum Gasteiger partial charge on any atom is 0.315 e. The molecule has 2 N–H and O–H groups in total. The van der Waals surface area contributed by atoms with Crippen LogP contribution in [-0.4, -0.2) is 29.7 Å². The minimum Gasteiger partial charge on any atom is -0.479 e. The van der Waals surface area contributed by atoms with Gasteiger partial charge in [0.05, 0.1) is 12.7 Å². The van der Waals surface area contributed by atoms with E-state index in [0.717, 1.165) is 0 Å². The zero-order chi connectivity index (χ0) is 14.1. The van der Waals surface area contributed by atoms with Gasteiger partial charge in [-0.2, -0.15) is 0 Å². The molecule has 5 nitrogen and oxygen atoms in total. The lowest BCUT2D eigenvalue weighted by molar-refractivity contribution is 0.233. The lowest BCUT2D eigenvalue weighted by Crippen LogP contribution is -2.46. The van der Waals surface area contributed by atoms with E-state index in [0.29, 0.717) is 5.75 Å². The number of aromatic nitrogens is 1. The van der Waals surface area contributed by atoms with Gasteiger partial charge in [-0.25, -0.2) is 4.79 Å². The van der Waals surface area contributed by atoms with Gasteiger partial charge in [0.2, 0.25) is 0 Å². The molecule has 0 unspecified atom stereocenters. The summed E-state index contributed by atoms with van der Waals surface area (Å²) in [6, 6.07) is 3.38. The largest absolute Gasteiger partial charge is 0.479 e. The van der Waals surface area contributed by atoms with Gasteiger partial charge in [-0.15, -0.1) is 0 Å². The van der Waals surface area contributed by atoms with Crippen LogP contribution in [0, 0.1) is 11.8 Å². The molecule has 0 radical (unpaired) electrons. The Morgan fingerprint density at radius 1 is 1.42 bits per heavy atom. The average molecular weight is 261 g/mol. The van der Waals surface area contributed by atoms with Crippen LogP contribution >= 0.6 is 0 Å². The number of nitrogens with one attached hydrogen (secondary N) is 2. The van der Waals surface area contributed by atoms with Crippen molar-refractivity contribution in [3.63, 3.8) is 0 Å². The Morgan fingerprint density at radius 2 is 2.21 bits per heavy atom. The molecule has 1 aromatic heterocycles. The number of carbonyl (C=O) groups excluding carboxylic acids is 1. The molecule has 0 saturated carbocycles. The summed E-state index contributed by atoms with van der Waals surface area (Å²) in [4.78, 5) is 15.3. The molecule has 0 fully saturated rings. The third kappa shape index (κ3) is 7.66. The first-order chi connectivity index (χ1) is 8.97. The third-order valence-electron chi connectivity index (χ3n) is 1.90. The number of carbonyl (C=O) groups is 1. The summed E-state index contributed by atoms with van der Waals surface area (Å²) in [5.41, 5.74) is -0.249. The first kappa shape index (κ1) is 14.8. The Hall–Kier alpha value is -2.22. The second kappa shape index (κ2) is 7.27. The molecular formula is C14H19N3O2. The van der Waals surface area contributed by atoms with Gasteiger partial charge >= 0.3 is 6.03 Å². The fourth-order valence-corrected chi connectivity index (χ4v) is 1.17. The molecule has 0 spiro atoms. The number of pyridine rings is 1. The number of urea groups is 1. The van der Waals surface area contributed by atoms with E-state index in [9.17, 15) is 4.79 Å². The minimum atomic E-state index is -0.249. The smallest absolute Gasteiger partial charge is 0.315 e. The van der Waals surface area contributed by atoms with E-state index in [1.807, 2.05) is 26.8 Å². The third-order valence-corrected chi connectivity index (χ3v) is 1.90. The second-order valence-electron chi connectivity index (χ2n) is 4.89. The number of nitrogens with zero attached hydrogens (tertiary/aromatic N) is 1. The Kier molecular flexibility index (Phi) is 5.68. The fourth-order valence-electron chi connectivity index (χ4n) is 1.17. The van der Waals surface area contributed by atoms with Gasteiger partial charge in [0, 0.05) is 11.7 Å². The van der Waals surface area contributed by atoms with E-state index in [1.54, 1.807) is 18.5 Å². The second-order valence-corrected chi connectivity index (χ2v) is 4.89. The van der Waals surface area contributed by atoms with Crippen LogP contribution in [0.2, 0.25) is 0 Å². The number of hydrogen-bond donors (Lipinski definition) is 2. The molecule has 1 rings (SSSR count). The monoisotopic (exact) mass is 261 g/mol. The molecule has 0 aliphatic heterocycles. The van der Waals surface area contributed by atoms with Crippen LogP contribution in [-0.2, 0) is 0 Å². The number of rotatable bonds is 3. The highest BCUT2D eigenvalue weighted by molar-refractivity contribution is 5.74. The van der Waals surface area contributed by atoms with Crippen molar-refractivity contribution >= 4 is 6.03 Å². The molecule has 1 heterocycles. The van der Waals surface area contributed by atoms with Crippen LogP contribution in [0.5, 0.6) is 5.75 Å². The Bertz CT molecular complexity index is 455. The summed E-state index contributed by atoms with van der Waals surface area (Å²) in [7, 11) is 0. The quantitative estimate of drug-likeness (QED) is 0.812. The van der Waals surface area contributed by atoms with Crippen molar-refractivity contribution in [3.8, 4) is 17.6 Å². The number of ether oxygens (including phenoxy) is 1. The molecule has 5 heteroatoms. The van der Waals surface area contributed by atoms with E-state index < -0.39 is 0 Å². The van der Waals surface area contributed by atoms with Gasteiger partial charge in [-0.3, -0.25) is 4.98 Å². The zero-order valence-electron chi connectivity index (χ0n) is 11.5. The summed E-state index contributed by atoms with van der Waals surface area (Å²) >= 11 is 0. The molecule has 2 amide bonds. The van der Waals surface area contributed by atoms with E-state index >= 15 is 0 Å². The van der Waals surface area contributed by atoms with Crippen LogP contribution in [0.15, 0.2) is 24.5 Å². The van der Waals surface area contributed by atoms with E-state index in [4.69, 9.17) is 4.74 Å². The standard InChI is InChI=1S/C14H19N3O2/c1-14(2,3)17-13(18)16-9-4-5-10-19-12-7-6-8-15-11-12/h6-8,11H,9-10H2,1-3H3,(H2,16,17,18). The van der Waals surface area contributed by atoms with Crippen LogP contribution in [0.4, 0.5) is 4.79 Å². The molecule has 0 aliphatic rings. The van der Waals surface area contributed by atoms with Crippen LogP contribution < -0.4 is 15.4 Å². The molecule has 102 valence electrons. The Labute approximate surface area is 113 Å². The van der Waals surface area contributed by atoms with Crippen molar-refractivity contribution in [3.05, 3.63) is 24.5 Å². The van der Waals surface area contributed by atoms with Gasteiger partial charge in [-0.05, 0) is 32.9 Å². The number of hydrogen-bond acceptors (Lipinski definition) is 3. The highest BCUT2D eigenvalue weighted by Crippen LogP contribution is 2.04. The lowest BCUT2D eigenvalue weighted by atomic mass is 10.1. The first-order valence-corrected chi connectivity index (χ1v) is 6.02. The van der Waals surface area contributed by atoms with E-state index in [-0.39, 0.29) is 24.7 Å². The van der Waals surface area contributed by atoms with Crippen molar-refractivity contribution in [2.75, 3.05) is 13.2 Å². The van der Waals surface area contributed by atoms with Gasteiger partial charge in [0.1, 0.15) is 12.4 Å². The summed E-state index contributed by atoms with van der Waals surface area (Å²) in [5, 5.41) is 5.42. The predicted molar refractivity (Wildman–Crippen MR) is 73.8 cm³/mol. The lowest BCUT2D eigenvalue weighted by Gasteiger charge is -2.20. The van der Waals surface area contributed by atoms with Gasteiger partial charge in [0.15, 0.2) is 0 Å². The zero-order valence-corrected chi connectivity index (χ0v) is 11.5. The van der Waals surface area contributed by atoms with Gasteiger partial charge in [0.25, 0.3) is 0 Å². The predicted octanol–water partition coefficient (Wildman–Crippen LogP) is 1.56. The van der Waals surface area contributed by atoms with Crippen molar-refractivity contribution in [1.29, 1.82) is 0 Å². The molecule has 0 bridgehead atoms. The molecule has 1 aromatic rings. The fraction of sp³-hybridized carbons (Fsp3) is 0.429. The maximum atomic E-state index is 11.4. The molecule has 19 heavy (non-hydrogen) atoms. The van der Waals surface area contributed by atoms with Crippen molar-refractivity contribution < 1.29 is 9.53 Å². The molecule has 0 saturated heterocycles. The molecule has 0 aliphatic carbocycles. The first-order valence-electron chi connectivity index (χ1n) is 6.02. The van der Waals surface area contributed by atoms with Crippen molar-refractivity contribution in [2.24, 2.45) is 0 Å². The van der Waals surface area contributed by atoms with Crippen LogP contribution in [0.3, 0.4) is 0 Å². The minimum absolute atomic E-state index is 0.227. The van der Waals surface area contributed by atoms with Crippen LogP contribution in [0.1, 0.15) is 20.8 Å². The highest BCUT2D eigenvalue weighted by Gasteiger charge is 2.12. The highest BCUT2D eigenvalue weighted by atomic mass is 16.5. The van der Waals surface area contributed by atoms with Gasteiger partial charge in [-0.1, -0.05) is 11.8 Å². The molecular weight excluding hydrogens is 242 g/mol.